The van der Waals surface area contributed by atoms with Gasteiger partial charge in [0.05, 0.1) is 0 Å². The molecule has 0 aromatic rings. The molecule has 0 aliphatic rings. The molecule has 0 bridgehead atoms. The first-order valence-electron chi connectivity index (χ1n) is 6.63. The van der Waals surface area contributed by atoms with Crippen molar-refractivity contribution in [1.82, 2.24) is 0 Å². The zero-order valence-corrected chi connectivity index (χ0v) is 12.5. The van der Waals surface area contributed by atoms with Crippen molar-refractivity contribution in [2.45, 2.75) is 72.3 Å². The molecule has 18 heavy (non-hydrogen) atoms. The Hall–Kier alpha value is -0.860. The molecule has 0 aliphatic heterocycles. The van der Waals surface area contributed by atoms with E-state index in [4.69, 9.17) is 4.74 Å². The number of ether oxygens (including phenoxy) is 1. The molecular weight excluding hydrogens is 228 g/mol. The van der Waals surface area contributed by atoms with Crippen molar-refractivity contribution in [1.29, 1.82) is 0 Å². The number of Topliss-reactive ketones (excluding diaryl/α,β-unsaturated/α-hetero) is 1. The van der Waals surface area contributed by atoms with E-state index in [9.17, 15) is 9.59 Å². The minimum absolute atomic E-state index is 0.219. The molecule has 0 aromatic carbocycles. The molecule has 1 radical (unpaired) electrons. The lowest BCUT2D eigenvalue weighted by Crippen LogP contribution is -2.29. The molecule has 0 saturated carbocycles. The summed E-state index contributed by atoms with van der Waals surface area (Å²) >= 11 is 0. The summed E-state index contributed by atoms with van der Waals surface area (Å²) in [5, 5.41) is 0. The zero-order valence-electron chi connectivity index (χ0n) is 12.5. The first-order chi connectivity index (χ1) is 8.13. The Morgan fingerprint density at radius 3 is 2.00 bits per heavy atom. The summed E-state index contributed by atoms with van der Waals surface area (Å²) in [7, 11) is 0. The average Bonchev–Trinajstić information content (AvgIpc) is 2.14. The second-order valence-electron chi connectivity index (χ2n) is 5.93. The number of ketones is 1. The van der Waals surface area contributed by atoms with Gasteiger partial charge >= 0.3 is 5.97 Å². The SMILES string of the molecule is [CH2]CCC(C)(CCCC(C)(C)OC(C)=O)C(C)=O. The fraction of sp³-hybridized carbons (Fsp3) is 0.800. The number of hydrogen-bond donors (Lipinski definition) is 0. The monoisotopic (exact) mass is 255 g/mol. The molecule has 0 N–H and O–H groups in total. The van der Waals surface area contributed by atoms with Gasteiger partial charge in [-0.1, -0.05) is 20.3 Å². The van der Waals surface area contributed by atoms with Crippen molar-refractivity contribution in [3.05, 3.63) is 6.92 Å². The number of rotatable bonds is 8. The second kappa shape index (κ2) is 6.91. The van der Waals surface area contributed by atoms with E-state index in [0.29, 0.717) is 0 Å². The molecular formula is C15H27O3. The van der Waals surface area contributed by atoms with Gasteiger partial charge in [-0.3, -0.25) is 9.59 Å². The topological polar surface area (TPSA) is 43.4 Å². The molecule has 0 aromatic heterocycles. The van der Waals surface area contributed by atoms with Gasteiger partial charge < -0.3 is 4.74 Å². The molecule has 0 saturated heterocycles. The van der Waals surface area contributed by atoms with Crippen molar-refractivity contribution in [2.24, 2.45) is 5.41 Å². The fourth-order valence-corrected chi connectivity index (χ4v) is 2.21. The summed E-state index contributed by atoms with van der Waals surface area (Å²) in [6, 6.07) is 0. The van der Waals surface area contributed by atoms with Crippen LogP contribution in [0.5, 0.6) is 0 Å². The Bertz CT molecular complexity index is 294. The van der Waals surface area contributed by atoms with Crippen LogP contribution in [0.3, 0.4) is 0 Å². The predicted octanol–water partition coefficient (Wildman–Crippen LogP) is 3.71. The zero-order chi connectivity index (χ0) is 14.4. The number of carbonyl (C=O) groups is 2. The van der Waals surface area contributed by atoms with Gasteiger partial charge in [0.2, 0.25) is 0 Å². The largest absolute Gasteiger partial charge is 0.460 e. The molecule has 0 aliphatic carbocycles. The van der Waals surface area contributed by atoms with E-state index in [2.05, 4.69) is 6.92 Å². The summed E-state index contributed by atoms with van der Waals surface area (Å²) in [4.78, 5) is 22.6. The van der Waals surface area contributed by atoms with Crippen molar-refractivity contribution < 1.29 is 14.3 Å². The van der Waals surface area contributed by atoms with E-state index in [-0.39, 0.29) is 17.2 Å². The van der Waals surface area contributed by atoms with Crippen LogP contribution >= 0.6 is 0 Å². The van der Waals surface area contributed by atoms with Gasteiger partial charge in [0, 0.05) is 12.3 Å². The Morgan fingerprint density at radius 2 is 1.61 bits per heavy atom. The molecule has 3 nitrogen and oxygen atoms in total. The first-order valence-corrected chi connectivity index (χ1v) is 6.63. The molecule has 0 amide bonds. The third-order valence-corrected chi connectivity index (χ3v) is 3.51. The van der Waals surface area contributed by atoms with Crippen molar-refractivity contribution in [2.75, 3.05) is 0 Å². The maximum absolute atomic E-state index is 11.7. The Morgan fingerprint density at radius 1 is 1.06 bits per heavy atom. The van der Waals surface area contributed by atoms with E-state index in [0.717, 1.165) is 32.1 Å². The van der Waals surface area contributed by atoms with Gasteiger partial charge in [-0.05, 0) is 46.5 Å². The molecule has 0 fully saturated rings. The summed E-state index contributed by atoms with van der Waals surface area (Å²) in [6.45, 7) is 12.7. The van der Waals surface area contributed by atoms with E-state index in [1.54, 1.807) is 6.92 Å². The van der Waals surface area contributed by atoms with Crippen LogP contribution in [0.15, 0.2) is 0 Å². The van der Waals surface area contributed by atoms with Gasteiger partial charge in [0.1, 0.15) is 11.4 Å². The summed E-state index contributed by atoms with van der Waals surface area (Å²) < 4.78 is 5.24. The fourth-order valence-electron chi connectivity index (χ4n) is 2.21. The molecule has 0 heterocycles. The molecule has 1 atom stereocenters. The maximum atomic E-state index is 11.7. The van der Waals surface area contributed by atoms with Crippen molar-refractivity contribution in [3.63, 3.8) is 0 Å². The lowest BCUT2D eigenvalue weighted by molar-refractivity contribution is -0.154. The van der Waals surface area contributed by atoms with Gasteiger partial charge in [0.25, 0.3) is 0 Å². The van der Waals surface area contributed by atoms with E-state index in [1.807, 2.05) is 20.8 Å². The van der Waals surface area contributed by atoms with Crippen LogP contribution in [0.2, 0.25) is 0 Å². The lowest BCUT2D eigenvalue weighted by atomic mass is 9.77. The highest BCUT2D eigenvalue weighted by molar-refractivity contribution is 5.81. The smallest absolute Gasteiger partial charge is 0.303 e. The highest BCUT2D eigenvalue weighted by Crippen LogP contribution is 2.32. The van der Waals surface area contributed by atoms with E-state index >= 15 is 0 Å². The van der Waals surface area contributed by atoms with Crippen LogP contribution in [0.1, 0.15) is 66.7 Å². The molecule has 3 heteroatoms. The van der Waals surface area contributed by atoms with E-state index < -0.39 is 5.60 Å². The molecule has 105 valence electrons. The normalized spacial score (nSPS) is 15.0. The molecule has 1 unspecified atom stereocenters. The van der Waals surface area contributed by atoms with Crippen molar-refractivity contribution >= 4 is 11.8 Å². The lowest BCUT2D eigenvalue weighted by Gasteiger charge is -2.29. The number of carbonyl (C=O) groups excluding carboxylic acids is 2. The van der Waals surface area contributed by atoms with Gasteiger partial charge in [-0.25, -0.2) is 0 Å². The highest BCUT2D eigenvalue weighted by atomic mass is 16.6. The van der Waals surface area contributed by atoms with Crippen LogP contribution in [0.4, 0.5) is 0 Å². The highest BCUT2D eigenvalue weighted by Gasteiger charge is 2.30. The quantitative estimate of drug-likeness (QED) is 0.621. The van der Waals surface area contributed by atoms with Crippen LogP contribution in [0, 0.1) is 12.3 Å². The van der Waals surface area contributed by atoms with Crippen LogP contribution in [0.25, 0.3) is 0 Å². The third kappa shape index (κ3) is 6.18. The number of esters is 1. The standard InChI is InChI=1S/C15H27O3/c1-7-9-15(6,12(2)16)11-8-10-14(4,5)18-13(3)17/h1,7-11H2,2-6H3. The molecule has 0 spiro atoms. The van der Waals surface area contributed by atoms with Gasteiger partial charge in [0.15, 0.2) is 0 Å². The van der Waals surface area contributed by atoms with Crippen LogP contribution < -0.4 is 0 Å². The number of hydrogen-bond acceptors (Lipinski definition) is 3. The summed E-state index contributed by atoms with van der Waals surface area (Å²) in [5.41, 5.74) is -0.734. The Balaban J connectivity index is 4.30. The van der Waals surface area contributed by atoms with Gasteiger partial charge in [-0.2, -0.15) is 0 Å². The predicted molar refractivity (Wildman–Crippen MR) is 73.1 cm³/mol. The van der Waals surface area contributed by atoms with Crippen molar-refractivity contribution in [3.8, 4) is 0 Å². The summed E-state index contributed by atoms with van der Waals surface area (Å²) in [6.07, 6.45) is 4.05. The minimum Gasteiger partial charge on any atom is -0.460 e. The average molecular weight is 255 g/mol. The Labute approximate surface area is 111 Å². The molecule has 0 rings (SSSR count). The summed E-state index contributed by atoms with van der Waals surface area (Å²) in [5.74, 6) is -0.0384. The second-order valence-corrected chi connectivity index (χ2v) is 5.93. The Kier molecular flexibility index (Phi) is 6.58. The van der Waals surface area contributed by atoms with E-state index in [1.165, 1.54) is 6.92 Å². The van der Waals surface area contributed by atoms with Gasteiger partial charge in [-0.15, -0.1) is 0 Å². The minimum atomic E-state index is -0.450. The maximum Gasteiger partial charge on any atom is 0.303 e. The first kappa shape index (κ1) is 17.1. The van der Waals surface area contributed by atoms with Crippen LogP contribution in [-0.2, 0) is 14.3 Å². The van der Waals surface area contributed by atoms with Crippen LogP contribution in [-0.4, -0.2) is 17.4 Å². The third-order valence-electron chi connectivity index (χ3n) is 3.51.